The van der Waals surface area contributed by atoms with E-state index in [0.29, 0.717) is 11.1 Å². The van der Waals surface area contributed by atoms with E-state index in [0.717, 1.165) is 12.3 Å². The van der Waals surface area contributed by atoms with Crippen LogP contribution in [0.1, 0.15) is 16.7 Å². The average Bonchev–Trinajstić information content (AvgIpc) is 2.64. The fourth-order valence-electron chi connectivity index (χ4n) is 2.67. The summed E-state index contributed by atoms with van der Waals surface area (Å²) in [6, 6.07) is 7.32. The van der Waals surface area contributed by atoms with E-state index in [1.165, 1.54) is 37.4 Å². The van der Waals surface area contributed by atoms with E-state index >= 15 is 0 Å². The minimum absolute atomic E-state index is 0. The van der Waals surface area contributed by atoms with Gasteiger partial charge in [-0.25, -0.2) is 17.2 Å². The molecule has 0 radical (unpaired) electrons. The molecule has 0 aliphatic rings. The normalized spacial score (nSPS) is 11.8. The molecule has 172 valence electrons. The number of halogens is 5. The molecule has 0 fully saturated rings. The van der Waals surface area contributed by atoms with Crippen molar-refractivity contribution in [2.24, 2.45) is 4.99 Å². The first kappa shape index (κ1) is 26.9. The van der Waals surface area contributed by atoms with E-state index in [9.17, 15) is 26.0 Å². The summed E-state index contributed by atoms with van der Waals surface area (Å²) in [7, 11) is -1.91. The second kappa shape index (κ2) is 12.1. The Morgan fingerprint density at radius 2 is 1.77 bits per heavy atom. The first-order chi connectivity index (χ1) is 14.1. The molecule has 0 saturated carbocycles. The lowest BCUT2D eigenvalue weighted by atomic mass is 10.1. The molecule has 0 aliphatic carbocycles. The molecule has 12 heteroatoms. The number of hydrogen-bond acceptors (Lipinski definition) is 4. The van der Waals surface area contributed by atoms with Gasteiger partial charge in [0.15, 0.2) is 15.8 Å². The number of alkyl halides is 2. The Hall–Kier alpha value is -2.09. The smallest absolute Gasteiger partial charge is 0.387 e. The number of ether oxygens (including phenoxy) is 1. The summed E-state index contributed by atoms with van der Waals surface area (Å²) in [5.74, 6) is -1.69. The van der Waals surface area contributed by atoms with Crippen LogP contribution in [-0.4, -0.2) is 34.3 Å². The van der Waals surface area contributed by atoms with E-state index in [-0.39, 0.29) is 60.1 Å². The Kier molecular flexibility index (Phi) is 10.5. The third-order valence-corrected chi connectivity index (χ3v) is 4.82. The maximum atomic E-state index is 14.0. The van der Waals surface area contributed by atoms with Crippen LogP contribution in [-0.2, 0) is 28.7 Å². The quantitative estimate of drug-likeness (QED) is 0.218. The van der Waals surface area contributed by atoms with Crippen molar-refractivity contribution in [3.05, 3.63) is 64.7 Å². The number of hydrogen-bond donors (Lipinski definition) is 2. The molecule has 31 heavy (non-hydrogen) atoms. The maximum Gasteiger partial charge on any atom is 0.387 e. The minimum atomic E-state index is -3.34. The van der Waals surface area contributed by atoms with Crippen molar-refractivity contribution in [1.29, 1.82) is 0 Å². The van der Waals surface area contributed by atoms with Crippen LogP contribution in [0.4, 0.5) is 17.6 Å². The highest BCUT2D eigenvalue weighted by Gasteiger charge is 2.15. The molecule has 0 amide bonds. The fourth-order valence-corrected chi connectivity index (χ4v) is 3.52. The largest absolute Gasteiger partial charge is 0.434 e. The lowest BCUT2D eigenvalue weighted by Gasteiger charge is -2.16. The highest BCUT2D eigenvalue weighted by atomic mass is 127. The van der Waals surface area contributed by atoms with Crippen molar-refractivity contribution >= 4 is 39.8 Å². The predicted molar refractivity (Wildman–Crippen MR) is 120 cm³/mol. The molecule has 0 saturated heterocycles. The molecule has 0 atom stereocenters. The summed E-state index contributed by atoms with van der Waals surface area (Å²) in [5.41, 5.74) is 0.698. The van der Waals surface area contributed by atoms with Gasteiger partial charge >= 0.3 is 6.61 Å². The molecule has 0 aliphatic heterocycles. The summed E-state index contributed by atoms with van der Waals surface area (Å²) in [4.78, 5) is 3.94. The summed E-state index contributed by atoms with van der Waals surface area (Å²) in [6.07, 6.45) is 1.07. The summed E-state index contributed by atoms with van der Waals surface area (Å²) >= 11 is 0. The van der Waals surface area contributed by atoms with Crippen LogP contribution in [0, 0.1) is 11.6 Å². The molecule has 2 rings (SSSR count). The molecule has 6 nitrogen and oxygen atoms in total. The van der Waals surface area contributed by atoms with Crippen LogP contribution >= 0.6 is 24.0 Å². The van der Waals surface area contributed by atoms with E-state index in [1.807, 2.05) is 0 Å². The van der Waals surface area contributed by atoms with Crippen molar-refractivity contribution in [3.63, 3.8) is 0 Å². The van der Waals surface area contributed by atoms with Crippen LogP contribution in [0.3, 0.4) is 0 Å². The lowest BCUT2D eigenvalue weighted by Crippen LogP contribution is -2.37. The zero-order chi connectivity index (χ0) is 22.3. The van der Waals surface area contributed by atoms with Crippen LogP contribution in [0.15, 0.2) is 41.4 Å². The standard InChI is InChI=1S/C19H21F4N3O3S.HI/c1-24-19(26-10-15-16(21)4-3-5-17(15)29-18(22)23)25-9-13-8-14(20)7-6-12(13)11-30(2,27)28;/h3-8,18H,9-11H2,1-2H3,(H2,24,25,26);1H. The van der Waals surface area contributed by atoms with Gasteiger partial charge in [-0.05, 0) is 35.4 Å². The predicted octanol–water partition coefficient (Wildman–Crippen LogP) is 3.59. The Balaban J connectivity index is 0.00000480. The van der Waals surface area contributed by atoms with Crippen molar-refractivity contribution < 1.29 is 30.7 Å². The van der Waals surface area contributed by atoms with E-state index in [2.05, 4.69) is 20.4 Å². The molecule has 0 aromatic heterocycles. The molecular formula is C19H22F4IN3O3S. The van der Waals surface area contributed by atoms with Crippen LogP contribution in [0.2, 0.25) is 0 Å². The van der Waals surface area contributed by atoms with Crippen LogP contribution in [0.25, 0.3) is 0 Å². The van der Waals surface area contributed by atoms with Gasteiger partial charge in [-0.1, -0.05) is 12.1 Å². The topological polar surface area (TPSA) is 79.8 Å². The fraction of sp³-hybridized carbons (Fsp3) is 0.316. The second-order valence-electron chi connectivity index (χ2n) is 6.36. The number of benzene rings is 2. The first-order valence-electron chi connectivity index (χ1n) is 8.71. The Bertz CT molecular complexity index is 1020. The molecule has 0 spiro atoms. The molecule has 0 heterocycles. The van der Waals surface area contributed by atoms with Gasteiger partial charge in [0.1, 0.15) is 17.4 Å². The van der Waals surface area contributed by atoms with Crippen molar-refractivity contribution in [2.45, 2.75) is 25.5 Å². The highest BCUT2D eigenvalue weighted by molar-refractivity contribution is 14.0. The summed E-state index contributed by atoms with van der Waals surface area (Å²) in [5, 5.41) is 5.61. The second-order valence-corrected chi connectivity index (χ2v) is 8.50. The Morgan fingerprint density at radius 1 is 1.10 bits per heavy atom. The zero-order valence-electron chi connectivity index (χ0n) is 16.7. The van der Waals surface area contributed by atoms with Crippen molar-refractivity contribution in [2.75, 3.05) is 13.3 Å². The van der Waals surface area contributed by atoms with Crippen molar-refractivity contribution in [1.82, 2.24) is 10.6 Å². The van der Waals surface area contributed by atoms with Gasteiger partial charge in [-0.2, -0.15) is 8.78 Å². The van der Waals surface area contributed by atoms with Crippen molar-refractivity contribution in [3.8, 4) is 5.75 Å². The minimum Gasteiger partial charge on any atom is -0.434 e. The van der Waals surface area contributed by atoms with Gasteiger partial charge in [0.05, 0.1) is 5.75 Å². The van der Waals surface area contributed by atoms with E-state index in [1.54, 1.807) is 0 Å². The number of aliphatic imine (C=N–C) groups is 1. The monoisotopic (exact) mass is 575 g/mol. The molecule has 2 N–H and O–H groups in total. The van der Waals surface area contributed by atoms with E-state index in [4.69, 9.17) is 0 Å². The number of nitrogens with zero attached hydrogens (tertiary/aromatic N) is 1. The van der Waals surface area contributed by atoms with Gasteiger partial charge in [-0.15, -0.1) is 24.0 Å². The maximum absolute atomic E-state index is 14.0. The summed E-state index contributed by atoms with van der Waals surface area (Å²) in [6.45, 7) is -3.29. The van der Waals surface area contributed by atoms with Crippen LogP contribution < -0.4 is 15.4 Å². The number of guanidine groups is 1. The van der Waals surface area contributed by atoms with Gasteiger partial charge < -0.3 is 15.4 Å². The molecular weight excluding hydrogens is 553 g/mol. The number of rotatable bonds is 8. The third kappa shape index (κ3) is 8.89. The lowest BCUT2D eigenvalue weighted by molar-refractivity contribution is -0.0506. The third-order valence-electron chi connectivity index (χ3n) is 3.98. The molecule has 0 unspecified atom stereocenters. The average molecular weight is 575 g/mol. The number of nitrogens with one attached hydrogen (secondary N) is 2. The molecule has 2 aromatic rings. The summed E-state index contributed by atoms with van der Waals surface area (Å²) < 4.78 is 80.2. The van der Waals surface area contributed by atoms with Gasteiger partial charge in [0.25, 0.3) is 0 Å². The van der Waals surface area contributed by atoms with Gasteiger partial charge in [-0.3, -0.25) is 4.99 Å². The highest BCUT2D eigenvalue weighted by Crippen LogP contribution is 2.23. The van der Waals surface area contributed by atoms with Gasteiger partial charge in [0.2, 0.25) is 0 Å². The van der Waals surface area contributed by atoms with Crippen LogP contribution in [0.5, 0.6) is 5.75 Å². The Labute approximate surface area is 195 Å². The van der Waals surface area contributed by atoms with E-state index < -0.39 is 28.1 Å². The molecule has 0 bridgehead atoms. The van der Waals surface area contributed by atoms with Gasteiger partial charge in [0, 0.05) is 32.0 Å². The Morgan fingerprint density at radius 3 is 2.39 bits per heavy atom. The SMILES string of the molecule is CN=C(NCc1cc(F)ccc1CS(C)(=O)=O)NCc1c(F)cccc1OC(F)F.I. The molecule has 2 aromatic carbocycles. The number of sulfone groups is 1. The first-order valence-corrected chi connectivity index (χ1v) is 10.8. The zero-order valence-corrected chi connectivity index (χ0v) is 19.8.